The van der Waals surface area contributed by atoms with Gasteiger partial charge in [0.2, 0.25) is 0 Å². The minimum Gasteiger partial charge on any atom is -0.508 e. The standard InChI is InChI=1S/C12H16N2O3/c15-10-6-7-11(12(8-10)14(16)17)13-9-4-2-1-3-5-9/h6-9,13,15H,1-5H2. The number of nitro groups is 1. The third-order valence-electron chi connectivity index (χ3n) is 3.14. The molecule has 0 atom stereocenters. The summed E-state index contributed by atoms with van der Waals surface area (Å²) in [6, 6.07) is 4.54. The number of rotatable bonds is 3. The third kappa shape index (κ3) is 2.87. The Morgan fingerprint density at radius 1 is 1.29 bits per heavy atom. The van der Waals surface area contributed by atoms with Crippen molar-refractivity contribution in [2.45, 2.75) is 38.1 Å². The van der Waals surface area contributed by atoms with Crippen LogP contribution in [0.2, 0.25) is 0 Å². The monoisotopic (exact) mass is 236 g/mol. The third-order valence-corrected chi connectivity index (χ3v) is 3.14. The van der Waals surface area contributed by atoms with Crippen molar-refractivity contribution in [3.8, 4) is 5.75 Å². The molecule has 92 valence electrons. The molecule has 0 heterocycles. The Bertz CT molecular complexity index is 414. The second kappa shape index (κ2) is 5.03. The molecule has 1 aliphatic rings. The number of nitro benzene ring substituents is 1. The molecule has 1 aromatic carbocycles. The van der Waals surface area contributed by atoms with Gasteiger partial charge in [0.25, 0.3) is 5.69 Å². The molecule has 0 aromatic heterocycles. The van der Waals surface area contributed by atoms with E-state index in [2.05, 4.69) is 5.32 Å². The van der Waals surface area contributed by atoms with E-state index >= 15 is 0 Å². The summed E-state index contributed by atoms with van der Waals surface area (Å²) in [5, 5.41) is 23.3. The van der Waals surface area contributed by atoms with Crippen LogP contribution in [0.3, 0.4) is 0 Å². The zero-order valence-corrected chi connectivity index (χ0v) is 9.56. The van der Waals surface area contributed by atoms with E-state index < -0.39 is 4.92 Å². The Balaban J connectivity index is 2.16. The molecule has 1 aliphatic carbocycles. The van der Waals surface area contributed by atoms with Crippen LogP contribution in [0, 0.1) is 10.1 Å². The molecule has 5 nitrogen and oxygen atoms in total. The summed E-state index contributed by atoms with van der Waals surface area (Å²) in [6.45, 7) is 0. The number of phenols is 1. The topological polar surface area (TPSA) is 75.4 Å². The fourth-order valence-electron chi connectivity index (χ4n) is 2.26. The van der Waals surface area contributed by atoms with Crippen LogP contribution in [0.1, 0.15) is 32.1 Å². The molecular weight excluding hydrogens is 220 g/mol. The average Bonchev–Trinajstić information content (AvgIpc) is 2.32. The van der Waals surface area contributed by atoms with E-state index in [4.69, 9.17) is 0 Å². The zero-order valence-electron chi connectivity index (χ0n) is 9.56. The minimum absolute atomic E-state index is 0.0597. The Hall–Kier alpha value is -1.78. The molecule has 1 saturated carbocycles. The van der Waals surface area contributed by atoms with E-state index in [9.17, 15) is 15.2 Å². The van der Waals surface area contributed by atoms with E-state index in [1.807, 2.05) is 0 Å². The predicted octanol–water partition coefficient (Wildman–Crippen LogP) is 3.05. The van der Waals surface area contributed by atoms with E-state index in [0.717, 1.165) is 12.8 Å². The second-order valence-corrected chi connectivity index (χ2v) is 4.44. The molecule has 5 heteroatoms. The van der Waals surface area contributed by atoms with Gasteiger partial charge >= 0.3 is 0 Å². The van der Waals surface area contributed by atoms with E-state index in [0.29, 0.717) is 11.7 Å². The maximum Gasteiger partial charge on any atom is 0.296 e. The largest absolute Gasteiger partial charge is 0.508 e. The van der Waals surface area contributed by atoms with Crippen molar-refractivity contribution in [2.75, 3.05) is 5.32 Å². The fourth-order valence-corrected chi connectivity index (χ4v) is 2.26. The maximum atomic E-state index is 10.9. The molecule has 2 rings (SSSR count). The van der Waals surface area contributed by atoms with Crippen LogP contribution in [0.4, 0.5) is 11.4 Å². The Kier molecular flexibility index (Phi) is 3.46. The molecular formula is C12H16N2O3. The first-order valence-electron chi connectivity index (χ1n) is 5.91. The van der Waals surface area contributed by atoms with Crippen LogP contribution in [-0.2, 0) is 0 Å². The molecule has 2 N–H and O–H groups in total. The number of nitrogens with zero attached hydrogens (tertiary/aromatic N) is 1. The minimum atomic E-state index is -0.467. The highest BCUT2D eigenvalue weighted by Gasteiger charge is 2.19. The van der Waals surface area contributed by atoms with Gasteiger partial charge in [0, 0.05) is 6.04 Å². The van der Waals surface area contributed by atoms with Crippen LogP contribution in [0.5, 0.6) is 5.75 Å². The lowest BCUT2D eigenvalue weighted by atomic mass is 9.95. The Labute approximate surface area is 99.6 Å². The Morgan fingerprint density at radius 3 is 2.65 bits per heavy atom. The molecule has 1 fully saturated rings. The SMILES string of the molecule is O=[N+]([O-])c1cc(O)ccc1NC1CCCCC1. The van der Waals surface area contributed by atoms with Gasteiger partial charge in [0.05, 0.1) is 11.0 Å². The lowest BCUT2D eigenvalue weighted by Crippen LogP contribution is -2.22. The van der Waals surface area contributed by atoms with Crippen LogP contribution >= 0.6 is 0 Å². The van der Waals surface area contributed by atoms with E-state index in [1.165, 1.54) is 31.4 Å². The average molecular weight is 236 g/mol. The molecule has 0 radical (unpaired) electrons. The number of hydrogen-bond donors (Lipinski definition) is 2. The molecule has 17 heavy (non-hydrogen) atoms. The fraction of sp³-hybridized carbons (Fsp3) is 0.500. The zero-order chi connectivity index (χ0) is 12.3. The second-order valence-electron chi connectivity index (χ2n) is 4.44. The summed E-state index contributed by atoms with van der Waals surface area (Å²) < 4.78 is 0. The number of anilines is 1. The Morgan fingerprint density at radius 2 is 2.00 bits per heavy atom. The van der Waals surface area contributed by atoms with Crippen molar-refractivity contribution in [1.82, 2.24) is 0 Å². The van der Waals surface area contributed by atoms with Crippen molar-refractivity contribution in [3.63, 3.8) is 0 Å². The van der Waals surface area contributed by atoms with Gasteiger partial charge in [-0.1, -0.05) is 19.3 Å². The van der Waals surface area contributed by atoms with Gasteiger partial charge in [-0.2, -0.15) is 0 Å². The molecule has 0 aliphatic heterocycles. The number of nitrogens with one attached hydrogen (secondary N) is 1. The van der Waals surface area contributed by atoms with Crippen LogP contribution < -0.4 is 5.32 Å². The summed E-state index contributed by atoms with van der Waals surface area (Å²) in [7, 11) is 0. The highest BCUT2D eigenvalue weighted by atomic mass is 16.6. The van der Waals surface area contributed by atoms with Gasteiger partial charge in [0.15, 0.2) is 0 Å². The number of benzene rings is 1. The predicted molar refractivity (Wildman–Crippen MR) is 65.3 cm³/mol. The first kappa shape index (κ1) is 11.7. The van der Waals surface area contributed by atoms with Gasteiger partial charge in [-0.3, -0.25) is 10.1 Å². The van der Waals surface area contributed by atoms with Crippen molar-refractivity contribution < 1.29 is 10.0 Å². The van der Waals surface area contributed by atoms with Gasteiger partial charge in [-0.15, -0.1) is 0 Å². The summed E-state index contributed by atoms with van der Waals surface area (Å²) >= 11 is 0. The van der Waals surface area contributed by atoms with Gasteiger partial charge < -0.3 is 10.4 Å². The van der Waals surface area contributed by atoms with E-state index in [-0.39, 0.29) is 11.4 Å². The first-order valence-corrected chi connectivity index (χ1v) is 5.91. The number of aromatic hydroxyl groups is 1. The molecule has 0 spiro atoms. The lowest BCUT2D eigenvalue weighted by Gasteiger charge is -2.23. The molecule has 0 bridgehead atoms. The first-order chi connectivity index (χ1) is 8.16. The van der Waals surface area contributed by atoms with Crippen LogP contribution in [0.15, 0.2) is 18.2 Å². The van der Waals surface area contributed by atoms with Crippen molar-refractivity contribution in [3.05, 3.63) is 28.3 Å². The molecule has 1 aromatic rings. The highest BCUT2D eigenvalue weighted by molar-refractivity contribution is 5.64. The molecule has 0 unspecified atom stereocenters. The summed E-state index contributed by atoms with van der Waals surface area (Å²) in [5.74, 6) is -0.0779. The lowest BCUT2D eigenvalue weighted by molar-refractivity contribution is -0.384. The molecule has 0 saturated heterocycles. The van der Waals surface area contributed by atoms with Gasteiger partial charge in [0.1, 0.15) is 11.4 Å². The molecule has 0 amide bonds. The van der Waals surface area contributed by atoms with Gasteiger partial charge in [-0.05, 0) is 25.0 Å². The van der Waals surface area contributed by atoms with Gasteiger partial charge in [-0.25, -0.2) is 0 Å². The van der Waals surface area contributed by atoms with E-state index in [1.54, 1.807) is 6.07 Å². The summed E-state index contributed by atoms with van der Waals surface area (Å²) in [6.07, 6.45) is 5.69. The number of phenolic OH excluding ortho intramolecular Hbond substituents is 1. The van der Waals surface area contributed by atoms with Crippen LogP contribution in [0.25, 0.3) is 0 Å². The smallest absolute Gasteiger partial charge is 0.296 e. The van der Waals surface area contributed by atoms with Crippen LogP contribution in [-0.4, -0.2) is 16.1 Å². The quantitative estimate of drug-likeness (QED) is 0.480. The highest BCUT2D eigenvalue weighted by Crippen LogP contribution is 2.31. The summed E-state index contributed by atoms with van der Waals surface area (Å²) in [4.78, 5) is 10.4. The van der Waals surface area contributed by atoms with Crippen molar-refractivity contribution >= 4 is 11.4 Å². The van der Waals surface area contributed by atoms with Crippen molar-refractivity contribution in [2.24, 2.45) is 0 Å². The van der Waals surface area contributed by atoms with Crippen molar-refractivity contribution in [1.29, 1.82) is 0 Å². The maximum absolute atomic E-state index is 10.9. The normalized spacial score (nSPS) is 16.7. The summed E-state index contributed by atoms with van der Waals surface area (Å²) in [5.41, 5.74) is 0.440. The number of hydrogen-bond acceptors (Lipinski definition) is 4.